The van der Waals surface area contributed by atoms with E-state index >= 15 is 0 Å². The van der Waals surface area contributed by atoms with Gasteiger partial charge in [0, 0.05) is 6.54 Å². The van der Waals surface area contributed by atoms with Gasteiger partial charge in [0.1, 0.15) is 0 Å². The summed E-state index contributed by atoms with van der Waals surface area (Å²) in [6.07, 6.45) is 0. The maximum Gasteiger partial charge on any atom is 0.204 e. The number of ether oxygens (including phenoxy) is 1. The molecule has 1 saturated heterocycles. The van der Waals surface area contributed by atoms with E-state index in [-0.39, 0.29) is 6.04 Å². The van der Waals surface area contributed by atoms with Crippen molar-refractivity contribution >= 4 is 10.9 Å². The lowest BCUT2D eigenvalue weighted by Crippen LogP contribution is -2.38. The summed E-state index contributed by atoms with van der Waals surface area (Å²) in [5, 5.41) is 0. The second kappa shape index (κ2) is 4.74. The lowest BCUT2D eigenvalue weighted by molar-refractivity contribution is 0.0337. The van der Waals surface area contributed by atoms with Crippen LogP contribution in [0.25, 0.3) is 0 Å². The van der Waals surface area contributed by atoms with Crippen LogP contribution in [-0.4, -0.2) is 32.5 Å². The van der Waals surface area contributed by atoms with E-state index in [4.69, 9.17) is 4.74 Å². The van der Waals surface area contributed by atoms with E-state index in [0.717, 1.165) is 5.56 Å². The van der Waals surface area contributed by atoms with Crippen molar-refractivity contribution in [1.29, 1.82) is 0 Å². The molecule has 0 aromatic heterocycles. The summed E-state index contributed by atoms with van der Waals surface area (Å²) >= 11 is 0. The molecule has 1 heterocycles. The molecule has 1 aliphatic rings. The zero-order chi connectivity index (χ0) is 10.7. The van der Waals surface area contributed by atoms with Crippen LogP contribution in [0.15, 0.2) is 30.3 Å². The van der Waals surface area contributed by atoms with Gasteiger partial charge in [-0.05, 0) is 5.56 Å². The molecule has 1 unspecified atom stereocenters. The van der Waals surface area contributed by atoms with E-state index in [1.165, 1.54) is 4.31 Å². The van der Waals surface area contributed by atoms with Gasteiger partial charge >= 0.3 is 0 Å². The highest BCUT2D eigenvalue weighted by molar-refractivity contribution is 7.69. The number of thiol groups is 1. The van der Waals surface area contributed by atoms with Crippen LogP contribution in [0.1, 0.15) is 11.6 Å². The first kappa shape index (κ1) is 10.6. The third-order valence-electron chi connectivity index (χ3n) is 2.49. The van der Waals surface area contributed by atoms with Crippen molar-refractivity contribution in [2.24, 2.45) is 0 Å². The molecule has 0 bridgehead atoms. The zero-order valence-electron chi connectivity index (χ0n) is 8.20. The zero-order valence-corrected chi connectivity index (χ0v) is 9.10. The molecule has 2 rings (SSSR count). The van der Waals surface area contributed by atoms with Crippen LogP contribution in [-0.2, 0) is 15.6 Å². The first-order valence-corrected chi connectivity index (χ1v) is 5.95. The molecule has 0 N–H and O–H groups in total. The summed E-state index contributed by atoms with van der Waals surface area (Å²) in [4.78, 5) is 0. The van der Waals surface area contributed by atoms with Crippen LogP contribution in [0.5, 0.6) is 0 Å². The highest BCUT2D eigenvalue weighted by atomic mass is 32.2. The molecular weight excluding hydrogens is 214 g/mol. The monoisotopic (exact) mass is 227 g/mol. The van der Waals surface area contributed by atoms with Crippen LogP contribution in [0.4, 0.5) is 0 Å². The lowest BCUT2D eigenvalue weighted by atomic mass is 10.1. The Hall–Kier alpha value is -0.910. The van der Waals surface area contributed by atoms with Gasteiger partial charge in [-0.25, -0.2) is 8.42 Å². The molecule has 0 radical (unpaired) electrons. The molecule has 5 heteroatoms. The van der Waals surface area contributed by atoms with Gasteiger partial charge in [-0.3, -0.25) is 0 Å². The molecule has 1 fully saturated rings. The van der Waals surface area contributed by atoms with Crippen LogP contribution in [0.3, 0.4) is 0 Å². The molecule has 0 amide bonds. The van der Waals surface area contributed by atoms with Gasteiger partial charge in [0.15, 0.2) is 0 Å². The number of nitrogens with zero attached hydrogens (tertiary/aromatic N) is 1. The van der Waals surface area contributed by atoms with Gasteiger partial charge in [-0.1, -0.05) is 30.3 Å². The van der Waals surface area contributed by atoms with Crippen molar-refractivity contribution in [2.45, 2.75) is 6.04 Å². The minimum atomic E-state index is -2.53. The predicted octanol–water partition coefficient (Wildman–Crippen LogP) is 0.586. The van der Waals surface area contributed by atoms with Crippen LogP contribution >= 0.6 is 0 Å². The third kappa shape index (κ3) is 2.37. The number of benzene rings is 1. The Morgan fingerprint density at radius 3 is 2.67 bits per heavy atom. The molecule has 4 nitrogen and oxygen atoms in total. The summed E-state index contributed by atoms with van der Waals surface area (Å²) in [6.45, 7) is 1.36. The molecule has 0 saturated carbocycles. The smallest absolute Gasteiger partial charge is 0.204 e. The van der Waals surface area contributed by atoms with Gasteiger partial charge in [-0.15, -0.1) is 0 Å². The van der Waals surface area contributed by atoms with E-state index in [9.17, 15) is 8.42 Å². The number of hydrogen-bond acceptors (Lipinski definition) is 3. The topological polar surface area (TPSA) is 46.6 Å². The number of hydrogen-bond donors (Lipinski definition) is 1. The van der Waals surface area contributed by atoms with E-state index in [1.54, 1.807) is 0 Å². The average Bonchev–Trinajstić information content (AvgIpc) is 2.30. The number of morpholine rings is 1. The maximum atomic E-state index is 11.0. The quantitative estimate of drug-likeness (QED) is 0.752. The molecule has 1 atom stereocenters. The highest BCUT2D eigenvalue weighted by Gasteiger charge is 2.25. The van der Waals surface area contributed by atoms with Gasteiger partial charge in [0.2, 0.25) is 10.9 Å². The predicted molar refractivity (Wildman–Crippen MR) is 57.0 cm³/mol. The third-order valence-corrected chi connectivity index (χ3v) is 3.39. The molecular formula is C10H13NO3S. The van der Waals surface area contributed by atoms with Gasteiger partial charge in [0.05, 0.1) is 19.3 Å². The van der Waals surface area contributed by atoms with Crippen molar-refractivity contribution < 1.29 is 13.2 Å². The van der Waals surface area contributed by atoms with E-state index < -0.39 is 10.9 Å². The molecule has 0 spiro atoms. The molecule has 0 aliphatic carbocycles. The Labute approximate surface area is 90.6 Å². The van der Waals surface area contributed by atoms with Crippen LogP contribution < -0.4 is 0 Å². The molecule has 1 aliphatic heterocycles. The van der Waals surface area contributed by atoms with Crippen LogP contribution in [0.2, 0.25) is 0 Å². The largest absolute Gasteiger partial charge is 0.378 e. The molecule has 82 valence electrons. The standard InChI is InChI=1S/C10H13NO3S/c12-15(13)11-6-7-14-8-10(11)9-4-2-1-3-5-9/h1-5,10,15H,6-8H2. The second-order valence-electron chi connectivity index (χ2n) is 3.40. The van der Waals surface area contributed by atoms with Crippen LogP contribution in [0, 0.1) is 0 Å². The fourth-order valence-electron chi connectivity index (χ4n) is 1.73. The van der Waals surface area contributed by atoms with Crippen molar-refractivity contribution in [3.63, 3.8) is 0 Å². The Morgan fingerprint density at radius 2 is 2.00 bits per heavy atom. The van der Waals surface area contributed by atoms with Crippen molar-refractivity contribution in [2.75, 3.05) is 19.8 Å². The fourth-order valence-corrected chi connectivity index (χ4v) is 2.41. The van der Waals surface area contributed by atoms with Crippen molar-refractivity contribution in [3.8, 4) is 0 Å². The Bertz CT molecular complexity index is 383. The van der Waals surface area contributed by atoms with Crippen molar-refractivity contribution in [1.82, 2.24) is 4.31 Å². The SMILES string of the molecule is O=[SH](=O)N1CCOCC1c1ccccc1. The van der Waals surface area contributed by atoms with Gasteiger partial charge in [-0.2, -0.15) is 4.31 Å². The van der Waals surface area contributed by atoms with Gasteiger partial charge < -0.3 is 4.74 Å². The average molecular weight is 227 g/mol. The maximum absolute atomic E-state index is 11.0. The summed E-state index contributed by atoms with van der Waals surface area (Å²) in [5.41, 5.74) is 0.983. The summed E-state index contributed by atoms with van der Waals surface area (Å²) in [6, 6.07) is 9.39. The molecule has 15 heavy (non-hydrogen) atoms. The van der Waals surface area contributed by atoms with E-state index in [0.29, 0.717) is 19.8 Å². The minimum Gasteiger partial charge on any atom is -0.378 e. The Morgan fingerprint density at radius 1 is 1.27 bits per heavy atom. The Kier molecular flexibility index (Phi) is 3.35. The van der Waals surface area contributed by atoms with E-state index in [2.05, 4.69) is 0 Å². The molecule has 1 aromatic carbocycles. The second-order valence-corrected chi connectivity index (χ2v) is 4.39. The summed E-state index contributed by atoms with van der Waals surface area (Å²) in [5.74, 6) is 0. The van der Waals surface area contributed by atoms with Gasteiger partial charge in [0.25, 0.3) is 0 Å². The number of rotatable bonds is 2. The highest BCUT2D eigenvalue weighted by Crippen LogP contribution is 2.23. The van der Waals surface area contributed by atoms with E-state index in [1.807, 2.05) is 30.3 Å². The Balaban J connectivity index is 2.25. The molecule has 1 aromatic rings. The minimum absolute atomic E-state index is 0.166. The van der Waals surface area contributed by atoms with Crippen molar-refractivity contribution in [3.05, 3.63) is 35.9 Å². The summed E-state index contributed by atoms with van der Waals surface area (Å²) < 4.78 is 28.9. The first-order chi connectivity index (χ1) is 7.29. The first-order valence-electron chi connectivity index (χ1n) is 4.82. The normalized spacial score (nSPS) is 23.1. The fraction of sp³-hybridized carbons (Fsp3) is 0.400. The lowest BCUT2D eigenvalue weighted by Gasteiger charge is -2.30. The summed E-state index contributed by atoms with van der Waals surface area (Å²) in [7, 11) is -2.53.